The highest BCUT2D eigenvalue weighted by molar-refractivity contribution is 5.83. The molecule has 0 N–H and O–H groups in total. The normalized spacial score (nSPS) is 10.8. The lowest BCUT2D eigenvalue weighted by Crippen LogP contribution is -2.12. The number of carbonyl (C=O) groups excluding carboxylic acids is 1. The molecule has 0 fully saturated rings. The maximum Gasteiger partial charge on any atom is 0.325 e. The zero-order chi connectivity index (χ0) is 14.8. The average molecular weight is 284 g/mol. The van der Waals surface area contributed by atoms with Crippen LogP contribution in [0, 0.1) is 5.82 Å². The molecule has 106 valence electrons. The topological polar surface area (TPSA) is 44.1 Å². The summed E-state index contributed by atoms with van der Waals surface area (Å²) < 4.78 is 19.6. The first kappa shape index (κ1) is 13.3. The van der Waals surface area contributed by atoms with Gasteiger partial charge in [-0.15, -0.1) is 0 Å². The number of para-hydroxylation sites is 2. The summed E-state index contributed by atoms with van der Waals surface area (Å²) in [5.74, 6) is -0.0579. The van der Waals surface area contributed by atoms with Crippen LogP contribution in [0.15, 0.2) is 48.5 Å². The van der Waals surface area contributed by atoms with Crippen molar-refractivity contribution in [2.45, 2.75) is 6.54 Å². The van der Waals surface area contributed by atoms with Gasteiger partial charge in [-0.3, -0.25) is 4.79 Å². The van der Waals surface area contributed by atoms with Crippen LogP contribution in [0.1, 0.15) is 0 Å². The monoisotopic (exact) mass is 284 g/mol. The number of imidazole rings is 1. The summed E-state index contributed by atoms with van der Waals surface area (Å²) >= 11 is 0. The Bertz CT molecular complexity index is 794. The van der Waals surface area contributed by atoms with Crippen LogP contribution in [-0.4, -0.2) is 22.6 Å². The molecule has 0 atom stereocenters. The van der Waals surface area contributed by atoms with Gasteiger partial charge in [-0.25, -0.2) is 9.37 Å². The molecule has 0 saturated heterocycles. The van der Waals surface area contributed by atoms with Gasteiger partial charge in [0.2, 0.25) is 0 Å². The second kappa shape index (κ2) is 5.36. The Hall–Kier alpha value is -2.69. The van der Waals surface area contributed by atoms with Gasteiger partial charge in [-0.2, -0.15) is 0 Å². The Balaban J connectivity index is 2.18. The Morgan fingerprint density at radius 1 is 1.19 bits per heavy atom. The number of fused-ring (bicyclic) bond motifs is 1. The van der Waals surface area contributed by atoms with Crippen LogP contribution in [0.3, 0.4) is 0 Å². The third kappa shape index (κ3) is 2.50. The van der Waals surface area contributed by atoms with Crippen molar-refractivity contribution in [1.82, 2.24) is 9.55 Å². The largest absolute Gasteiger partial charge is 0.468 e. The number of halogens is 1. The second-order valence-corrected chi connectivity index (χ2v) is 4.59. The minimum Gasteiger partial charge on any atom is -0.468 e. The number of ether oxygens (including phenoxy) is 1. The number of carbonyl (C=O) groups is 1. The molecule has 3 aromatic rings. The van der Waals surface area contributed by atoms with E-state index in [4.69, 9.17) is 4.74 Å². The van der Waals surface area contributed by atoms with E-state index in [9.17, 15) is 9.18 Å². The van der Waals surface area contributed by atoms with Crippen LogP contribution in [-0.2, 0) is 16.1 Å². The van der Waals surface area contributed by atoms with Gasteiger partial charge in [-0.1, -0.05) is 12.1 Å². The van der Waals surface area contributed by atoms with E-state index in [1.165, 1.54) is 19.2 Å². The molecule has 1 heterocycles. The van der Waals surface area contributed by atoms with Crippen molar-refractivity contribution >= 4 is 17.0 Å². The Morgan fingerprint density at radius 2 is 1.90 bits per heavy atom. The maximum absolute atomic E-state index is 13.1. The third-order valence-corrected chi connectivity index (χ3v) is 3.27. The van der Waals surface area contributed by atoms with Gasteiger partial charge >= 0.3 is 5.97 Å². The van der Waals surface area contributed by atoms with E-state index in [1.807, 2.05) is 24.3 Å². The fraction of sp³-hybridized carbons (Fsp3) is 0.125. The molecule has 4 nitrogen and oxygen atoms in total. The lowest BCUT2D eigenvalue weighted by Gasteiger charge is -2.08. The lowest BCUT2D eigenvalue weighted by atomic mass is 10.2. The van der Waals surface area contributed by atoms with Crippen molar-refractivity contribution in [1.29, 1.82) is 0 Å². The molecule has 0 bridgehead atoms. The number of nitrogens with zero attached hydrogens (tertiary/aromatic N) is 2. The number of esters is 1. The minimum atomic E-state index is -0.360. The average Bonchev–Trinajstić information content (AvgIpc) is 2.87. The summed E-state index contributed by atoms with van der Waals surface area (Å²) in [5, 5.41) is 0. The molecule has 1 aromatic heterocycles. The van der Waals surface area contributed by atoms with Gasteiger partial charge in [0.05, 0.1) is 18.1 Å². The zero-order valence-corrected chi connectivity index (χ0v) is 11.4. The first-order valence-electron chi connectivity index (χ1n) is 6.47. The van der Waals surface area contributed by atoms with E-state index in [0.29, 0.717) is 5.82 Å². The quantitative estimate of drug-likeness (QED) is 0.694. The van der Waals surface area contributed by atoms with Gasteiger partial charge in [0.25, 0.3) is 0 Å². The molecule has 0 unspecified atom stereocenters. The SMILES string of the molecule is COC(=O)Cn1c(-c2ccc(F)cc2)nc2ccccc21. The molecule has 0 spiro atoms. The summed E-state index contributed by atoms with van der Waals surface area (Å²) in [5.41, 5.74) is 2.36. The Kier molecular flexibility index (Phi) is 3.39. The smallest absolute Gasteiger partial charge is 0.325 e. The van der Waals surface area contributed by atoms with Crippen LogP contribution >= 0.6 is 0 Å². The van der Waals surface area contributed by atoms with E-state index in [-0.39, 0.29) is 18.3 Å². The van der Waals surface area contributed by atoms with Crippen LogP contribution in [0.5, 0.6) is 0 Å². The summed E-state index contributed by atoms with van der Waals surface area (Å²) in [6.07, 6.45) is 0. The van der Waals surface area contributed by atoms with Crippen LogP contribution in [0.2, 0.25) is 0 Å². The zero-order valence-electron chi connectivity index (χ0n) is 11.4. The molecular weight excluding hydrogens is 271 g/mol. The summed E-state index contributed by atoms with van der Waals surface area (Å²) in [7, 11) is 1.35. The molecule has 0 aliphatic carbocycles. The van der Waals surface area contributed by atoms with Crippen LogP contribution in [0.4, 0.5) is 4.39 Å². The first-order valence-corrected chi connectivity index (χ1v) is 6.47. The van der Waals surface area contributed by atoms with E-state index in [0.717, 1.165) is 16.6 Å². The lowest BCUT2D eigenvalue weighted by molar-refractivity contribution is -0.141. The first-order chi connectivity index (χ1) is 10.2. The fourth-order valence-electron chi connectivity index (χ4n) is 2.25. The van der Waals surface area contributed by atoms with Crippen molar-refractivity contribution < 1.29 is 13.9 Å². The summed E-state index contributed by atoms with van der Waals surface area (Å²) in [6.45, 7) is 0.0592. The van der Waals surface area contributed by atoms with Gasteiger partial charge in [-0.05, 0) is 36.4 Å². The predicted molar refractivity (Wildman–Crippen MR) is 77.1 cm³/mol. The highest BCUT2D eigenvalue weighted by atomic mass is 19.1. The van der Waals surface area contributed by atoms with E-state index in [1.54, 1.807) is 16.7 Å². The Labute approximate surface area is 120 Å². The van der Waals surface area contributed by atoms with Gasteiger partial charge in [0.1, 0.15) is 18.2 Å². The number of hydrogen-bond donors (Lipinski definition) is 0. The van der Waals surface area contributed by atoms with Crippen molar-refractivity contribution in [2.75, 3.05) is 7.11 Å². The molecule has 0 aliphatic heterocycles. The molecule has 0 amide bonds. The molecular formula is C16H13FN2O2. The highest BCUT2D eigenvalue weighted by Gasteiger charge is 2.15. The predicted octanol–water partition coefficient (Wildman–Crippen LogP) is 3.02. The van der Waals surface area contributed by atoms with E-state index in [2.05, 4.69) is 4.98 Å². The molecule has 3 rings (SSSR count). The molecule has 5 heteroatoms. The maximum atomic E-state index is 13.1. The van der Waals surface area contributed by atoms with Crippen molar-refractivity contribution in [3.05, 3.63) is 54.3 Å². The van der Waals surface area contributed by atoms with Crippen molar-refractivity contribution in [2.24, 2.45) is 0 Å². The molecule has 0 radical (unpaired) electrons. The molecule has 0 saturated carbocycles. The van der Waals surface area contributed by atoms with Gasteiger partial charge in [0, 0.05) is 5.56 Å². The minimum absolute atomic E-state index is 0.0592. The standard InChI is InChI=1S/C16H13FN2O2/c1-21-15(20)10-19-14-5-3-2-4-13(14)18-16(19)11-6-8-12(17)9-7-11/h2-9H,10H2,1H3. The van der Waals surface area contributed by atoms with Crippen molar-refractivity contribution in [3.8, 4) is 11.4 Å². The second-order valence-electron chi connectivity index (χ2n) is 4.59. The third-order valence-electron chi connectivity index (χ3n) is 3.27. The fourth-order valence-corrected chi connectivity index (χ4v) is 2.25. The van der Waals surface area contributed by atoms with Crippen molar-refractivity contribution in [3.63, 3.8) is 0 Å². The van der Waals surface area contributed by atoms with Crippen LogP contribution < -0.4 is 0 Å². The van der Waals surface area contributed by atoms with Crippen LogP contribution in [0.25, 0.3) is 22.4 Å². The highest BCUT2D eigenvalue weighted by Crippen LogP contribution is 2.25. The van der Waals surface area contributed by atoms with Gasteiger partial charge < -0.3 is 9.30 Å². The number of methoxy groups -OCH3 is 1. The molecule has 21 heavy (non-hydrogen) atoms. The number of benzene rings is 2. The molecule has 2 aromatic carbocycles. The molecule has 0 aliphatic rings. The number of rotatable bonds is 3. The van der Waals surface area contributed by atoms with Gasteiger partial charge in [0.15, 0.2) is 0 Å². The number of hydrogen-bond acceptors (Lipinski definition) is 3. The van der Waals surface area contributed by atoms with E-state index >= 15 is 0 Å². The van der Waals surface area contributed by atoms with E-state index < -0.39 is 0 Å². The Morgan fingerprint density at radius 3 is 2.62 bits per heavy atom. The summed E-state index contributed by atoms with van der Waals surface area (Å²) in [4.78, 5) is 16.2. The summed E-state index contributed by atoms with van der Waals surface area (Å²) in [6, 6.07) is 13.6. The number of aromatic nitrogens is 2.